The minimum atomic E-state index is -0.588. The molecule has 3 N–H and O–H groups in total. The lowest BCUT2D eigenvalue weighted by molar-refractivity contribution is -0.124. The van der Waals surface area contributed by atoms with E-state index in [4.69, 9.17) is 17.3 Å². The molecule has 0 bridgehead atoms. The second kappa shape index (κ2) is 8.55. The minimum absolute atomic E-state index is 0.276. The average molecular weight is 315 g/mol. The molecule has 5 heteroatoms. The Morgan fingerprint density at radius 2 is 2.20 bits per heavy atom. The van der Waals surface area contributed by atoms with Crippen LogP contribution in [0.4, 0.5) is 0 Å². The summed E-state index contributed by atoms with van der Waals surface area (Å²) in [6, 6.07) is 7.86. The van der Waals surface area contributed by atoms with Gasteiger partial charge in [0, 0.05) is 9.92 Å². The summed E-state index contributed by atoms with van der Waals surface area (Å²) in [6.45, 7) is 4.61. The Hall–Kier alpha value is -0.710. The van der Waals surface area contributed by atoms with Crippen LogP contribution in [0.5, 0.6) is 0 Å². The van der Waals surface area contributed by atoms with Crippen LogP contribution in [0.15, 0.2) is 29.2 Å². The van der Waals surface area contributed by atoms with Gasteiger partial charge in [-0.25, -0.2) is 0 Å². The number of benzene rings is 1. The van der Waals surface area contributed by atoms with Gasteiger partial charge in [-0.1, -0.05) is 31.0 Å². The molecule has 1 rings (SSSR count). The van der Waals surface area contributed by atoms with Gasteiger partial charge in [0.15, 0.2) is 0 Å². The topological polar surface area (TPSA) is 55.1 Å². The van der Waals surface area contributed by atoms with Crippen molar-refractivity contribution in [3.63, 3.8) is 0 Å². The monoisotopic (exact) mass is 314 g/mol. The van der Waals surface area contributed by atoms with Crippen LogP contribution in [-0.2, 0) is 4.79 Å². The summed E-state index contributed by atoms with van der Waals surface area (Å²) in [4.78, 5) is 12.7. The molecule has 0 aliphatic rings. The Morgan fingerprint density at radius 3 is 2.80 bits per heavy atom. The smallest absolute Gasteiger partial charge is 0.237 e. The standard InChI is InChI=1S/C15H23ClN2OS/c1-3-18-15(2,14(17)19)9-4-5-10-20-13-8-6-7-12(16)11-13/h6-8,11,18H,3-5,9-10H2,1-2H3,(H2,17,19). The maximum Gasteiger partial charge on any atom is 0.237 e. The number of primary amides is 1. The third-order valence-electron chi connectivity index (χ3n) is 3.25. The van der Waals surface area contributed by atoms with E-state index in [-0.39, 0.29) is 5.91 Å². The third kappa shape index (κ3) is 5.73. The number of hydrogen-bond donors (Lipinski definition) is 2. The largest absolute Gasteiger partial charge is 0.368 e. The first kappa shape index (κ1) is 17.3. The van der Waals surface area contributed by atoms with Crippen molar-refractivity contribution in [2.75, 3.05) is 12.3 Å². The van der Waals surface area contributed by atoms with E-state index in [0.29, 0.717) is 0 Å². The summed E-state index contributed by atoms with van der Waals surface area (Å²) in [6.07, 6.45) is 2.79. The fourth-order valence-electron chi connectivity index (χ4n) is 2.02. The molecular weight excluding hydrogens is 292 g/mol. The maximum atomic E-state index is 11.5. The van der Waals surface area contributed by atoms with Crippen LogP contribution in [0.25, 0.3) is 0 Å². The van der Waals surface area contributed by atoms with Gasteiger partial charge in [-0.05, 0) is 50.3 Å². The molecular formula is C15H23ClN2OS. The van der Waals surface area contributed by atoms with Crippen LogP contribution in [0.1, 0.15) is 33.1 Å². The molecule has 0 aliphatic heterocycles. The van der Waals surface area contributed by atoms with Crippen molar-refractivity contribution in [2.45, 2.75) is 43.5 Å². The van der Waals surface area contributed by atoms with Crippen molar-refractivity contribution in [1.29, 1.82) is 0 Å². The molecule has 3 nitrogen and oxygen atoms in total. The first-order chi connectivity index (χ1) is 9.48. The molecule has 0 spiro atoms. The third-order valence-corrected chi connectivity index (χ3v) is 4.56. The van der Waals surface area contributed by atoms with E-state index in [0.717, 1.165) is 36.6 Å². The number of nitrogens with two attached hydrogens (primary N) is 1. The van der Waals surface area contributed by atoms with Crippen molar-refractivity contribution >= 4 is 29.3 Å². The lowest BCUT2D eigenvalue weighted by atomic mass is 9.94. The maximum absolute atomic E-state index is 11.5. The Balaban J connectivity index is 2.29. The van der Waals surface area contributed by atoms with Gasteiger partial charge in [0.05, 0.1) is 5.54 Å². The van der Waals surface area contributed by atoms with Crippen LogP contribution in [-0.4, -0.2) is 23.7 Å². The van der Waals surface area contributed by atoms with E-state index in [1.165, 1.54) is 4.90 Å². The fraction of sp³-hybridized carbons (Fsp3) is 0.533. The van der Waals surface area contributed by atoms with E-state index in [1.807, 2.05) is 32.0 Å². The number of halogens is 1. The van der Waals surface area contributed by atoms with Gasteiger partial charge in [0.25, 0.3) is 0 Å². The van der Waals surface area contributed by atoms with Gasteiger partial charge in [-0.15, -0.1) is 11.8 Å². The van der Waals surface area contributed by atoms with Gasteiger partial charge in [-0.3, -0.25) is 4.79 Å². The van der Waals surface area contributed by atoms with Gasteiger partial charge < -0.3 is 11.1 Å². The Morgan fingerprint density at radius 1 is 1.45 bits per heavy atom. The predicted molar refractivity (Wildman–Crippen MR) is 87.3 cm³/mol. The predicted octanol–water partition coefficient (Wildman–Crippen LogP) is 3.46. The first-order valence-electron chi connectivity index (χ1n) is 6.91. The van der Waals surface area contributed by atoms with Gasteiger partial charge in [0.2, 0.25) is 5.91 Å². The fourth-order valence-corrected chi connectivity index (χ4v) is 3.24. The molecule has 0 saturated heterocycles. The summed E-state index contributed by atoms with van der Waals surface area (Å²) < 4.78 is 0. The Kier molecular flexibility index (Phi) is 7.41. The molecule has 0 fully saturated rings. The molecule has 0 aromatic heterocycles. The molecule has 0 heterocycles. The number of unbranched alkanes of at least 4 members (excludes halogenated alkanes) is 1. The molecule has 1 amide bonds. The zero-order chi connectivity index (χ0) is 15.0. The average Bonchev–Trinajstić information content (AvgIpc) is 2.38. The lowest BCUT2D eigenvalue weighted by Crippen LogP contribution is -2.52. The number of nitrogens with one attached hydrogen (secondary N) is 1. The summed E-state index contributed by atoms with van der Waals surface area (Å²) >= 11 is 7.73. The number of thioether (sulfide) groups is 1. The normalized spacial score (nSPS) is 13.9. The summed E-state index contributed by atoms with van der Waals surface area (Å²) in [7, 11) is 0. The van der Waals surface area contributed by atoms with Crippen molar-refractivity contribution in [3.05, 3.63) is 29.3 Å². The van der Waals surface area contributed by atoms with Crippen LogP contribution < -0.4 is 11.1 Å². The number of carbonyl (C=O) groups excluding carboxylic acids is 1. The van der Waals surface area contributed by atoms with E-state index >= 15 is 0 Å². The van der Waals surface area contributed by atoms with E-state index < -0.39 is 5.54 Å². The number of hydrogen-bond acceptors (Lipinski definition) is 3. The number of carbonyl (C=O) groups is 1. The molecule has 0 radical (unpaired) electrons. The van der Waals surface area contributed by atoms with E-state index in [9.17, 15) is 4.79 Å². The van der Waals surface area contributed by atoms with E-state index in [2.05, 4.69) is 11.4 Å². The lowest BCUT2D eigenvalue weighted by Gasteiger charge is -2.26. The number of amides is 1. The Labute approximate surface area is 130 Å². The molecule has 112 valence electrons. The highest BCUT2D eigenvalue weighted by Crippen LogP contribution is 2.23. The summed E-state index contributed by atoms with van der Waals surface area (Å²) in [5.74, 6) is 0.739. The van der Waals surface area contributed by atoms with Crippen molar-refractivity contribution in [1.82, 2.24) is 5.32 Å². The van der Waals surface area contributed by atoms with Crippen molar-refractivity contribution in [2.24, 2.45) is 5.73 Å². The highest BCUT2D eigenvalue weighted by atomic mass is 35.5. The highest BCUT2D eigenvalue weighted by Gasteiger charge is 2.28. The second-order valence-corrected chi connectivity index (χ2v) is 6.59. The zero-order valence-corrected chi connectivity index (χ0v) is 13.7. The second-order valence-electron chi connectivity index (χ2n) is 4.99. The van der Waals surface area contributed by atoms with Crippen molar-refractivity contribution in [3.8, 4) is 0 Å². The molecule has 0 saturated carbocycles. The molecule has 1 aromatic rings. The zero-order valence-electron chi connectivity index (χ0n) is 12.1. The first-order valence-corrected chi connectivity index (χ1v) is 8.27. The van der Waals surface area contributed by atoms with Gasteiger partial charge in [0.1, 0.15) is 0 Å². The minimum Gasteiger partial charge on any atom is -0.368 e. The summed E-state index contributed by atoms with van der Waals surface area (Å²) in [5.41, 5.74) is 4.87. The van der Waals surface area contributed by atoms with Crippen LogP contribution in [0.2, 0.25) is 5.02 Å². The summed E-state index contributed by atoms with van der Waals surface area (Å²) in [5, 5.41) is 3.94. The highest BCUT2D eigenvalue weighted by molar-refractivity contribution is 7.99. The molecule has 1 aromatic carbocycles. The van der Waals surface area contributed by atoms with Gasteiger partial charge in [-0.2, -0.15) is 0 Å². The molecule has 1 atom stereocenters. The quantitative estimate of drug-likeness (QED) is 0.542. The van der Waals surface area contributed by atoms with Gasteiger partial charge >= 0.3 is 0 Å². The van der Waals surface area contributed by atoms with Crippen LogP contribution in [0, 0.1) is 0 Å². The Bertz CT molecular complexity index is 442. The van der Waals surface area contributed by atoms with E-state index in [1.54, 1.807) is 11.8 Å². The molecule has 0 aliphatic carbocycles. The van der Waals surface area contributed by atoms with Crippen LogP contribution >= 0.6 is 23.4 Å². The number of rotatable bonds is 9. The van der Waals surface area contributed by atoms with Crippen molar-refractivity contribution < 1.29 is 4.79 Å². The number of likely N-dealkylation sites (N-methyl/N-ethyl adjacent to an activating group) is 1. The molecule has 1 unspecified atom stereocenters. The van der Waals surface area contributed by atoms with Crippen LogP contribution in [0.3, 0.4) is 0 Å². The SMILES string of the molecule is CCNC(C)(CCCCSc1cccc(Cl)c1)C(N)=O. The molecule has 20 heavy (non-hydrogen) atoms.